The fourth-order valence-electron chi connectivity index (χ4n) is 4.22. The molecule has 2 heterocycles. The molecule has 0 saturated carbocycles. The van der Waals surface area contributed by atoms with Gasteiger partial charge in [-0.25, -0.2) is 4.79 Å². The minimum atomic E-state index is -0.532. The standard InChI is InChI=1S/C24H26BrClN4O3/c1-14-4-6-17(26)13-20(14)30-10-8-29(9-11-30)15(2)23(31)28-21-18-12-16(25)5-7-19(18)27-22(21)24(32)33-3/h4-7,12-13,15,27H,8-11H2,1-3H3,(H,28,31)/t15-/m1/s1. The third-order valence-corrected chi connectivity index (χ3v) is 6.88. The number of rotatable bonds is 5. The first-order valence-electron chi connectivity index (χ1n) is 10.7. The van der Waals surface area contributed by atoms with Gasteiger partial charge in [0.05, 0.1) is 18.8 Å². The average molecular weight is 534 g/mol. The van der Waals surface area contributed by atoms with Crippen LogP contribution in [-0.4, -0.2) is 61.1 Å². The number of H-pyrrole nitrogens is 1. The van der Waals surface area contributed by atoms with Gasteiger partial charge in [0, 0.05) is 52.3 Å². The van der Waals surface area contributed by atoms with Crippen molar-refractivity contribution in [1.82, 2.24) is 9.88 Å². The van der Waals surface area contributed by atoms with Gasteiger partial charge in [0.15, 0.2) is 0 Å². The molecule has 3 aromatic rings. The van der Waals surface area contributed by atoms with Crippen LogP contribution in [-0.2, 0) is 9.53 Å². The van der Waals surface area contributed by atoms with Crippen LogP contribution in [0.2, 0.25) is 5.02 Å². The van der Waals surface area contributed by atoms with Gasteiger partial charge in [-0.05, 0) is 49.7 Å². The second kappa shape index (κ2) is 9.75. The van der Waals surface area contributed by atoms with E-state index in [0.717, 1.165) is 52.3 Å². The predicted molar refractivity (Wildman–Crippen MR) is 135 cm³/mol. The summed E-state index contributed by atoms with van der Waals surface area (Å²) >= 11 is 9.65. The summed E-state index contributed by atoms with van der Waals surface area (Å²) < 4.78 is 5.76. The molecular weight excluding hydrogens is 508 g/mol. The van der Waals surface area contributed by atoms with Crippen LogP contribution in [0.25, 0.3) is 10.9 Å². The minimum absolute atomic E-state index is 0.173. The number of aryl methyl sites for hydroxylation is 1. The molecule has 1 fully saturated rings. The van der Waals surface area contributed by atoms with Crippen molar-refractivity contribution in [2.24, 2.45) is 0 Å². The van der Waals surface area contributed by atoms with Crippen LogP contribution in [0.3, 0.4) is 0 Å². The van der Waals surface area contributed by atoms with E-state index in [-0.39, 0.29) is 17.6 Å². The van der Waals surface area contributed by atoms with Crippen LogP contribution in [0.5, 0.6) is 0 Å². The van der Waals surface area contributed by atoms with E-state index in [1.165, 1.54) is 12.7 Å². The van der Waals surface area contributed by atoms with Crippen LogP contribution < -0.4 is 10.2 Å². The van der Waals surface area contributed by atoms with Crippen molar-refractivity contribution in [1.29, 1.82) is 0 Å². The second-order valence-electron chi connectivity index (χ2n) is 8.18. The quantitative estimate of drug-likeness (QED) is 0.460. The molecule has 33 heavy (non-hydrogen) atoms. The van der Waals surface area contributed by atoms with Crippen LogP contribution in [0.15, 0.2) is 40.9 Å². The largest absolute Gasteiger partial charge is 0.464 e. The lowest BCUT2D eigenvalue weighted by molar-refractivity contribution is -0.120. The fourth-order valence-corrected chi connectivity index (χ4v) is 4.74. The van der Waals surface area contributed by atoms with E-state index >= 15 is 0 Å². The van der Waals surface area contributed by atoms with E-state index in [4.69, 9.17) is 16.3 Å². The zero-order chi connectivity index (χ0) is 23.7. The van der Waals surface area contributed by atoms with Crippen LogP contribution in [0, 0.1) is 6.92 Å². The fraction of sp³-hybridized carbons (Fsp3) is 0.333. The maximum atomic E-state index is 13.2. The van der Waals surface area contributed by atoms with Gasteiger partial charge in [-0.15, -0.1) is 0 Å². The topological polar surface area (TPSA) is 77.7 Å². The number of benzene rings is 2. The van der Waals surface area contributed by atoms with Crippen molar-refractivity contribution in [3.8, 4) is 0 Å². The number of anilines is 2. The molecule has 1 aliphatic rings. The maximum Gasteiger partial charge on any atom is 0.356 e. The van der Waals surface area contributed by atoms with Gasteiger partial charge < -0.3 is 19.9 Å². The highest BCUT2D eigenvalue weighted by Gasteiger charge is 2.28. The molecule has 9 heteroatoms. The van der Waals surface area contributed by atoms with Gasteiger partial charge in [0.25, 0.3) is 0 Å². The Balaban J connectivity index is 1.48. The molecule has 7 nitrogen and oxygen atoms in total. The number of halogens is 2. The van der Waals surface area contributed by atoms with Crippen molar-refractivity contribution in [2.45, 2.75) is 19.9 Å². The number of carbonyl (C=O) groups is 2. The normalized spacial score (nSPS) is 15.5. The number of aromatic amines is 1. The molecule has 0 radical (unpaired) electrons. The van der Waals surface area contributed by atoms with Gasteiger partial charge in [-0.3, -0.25) is 9.69 Å². The van der Waals surface area contributed by atoms with E-state index < -0.39 is 5.97 Å². The van der Waals surface area contributed by atoms with E-state index in [2.05, 4.69) is 43.0 Å². The highest BCUT2D eigenvalue weighted by molar-refractivity contribution is 9.10. The lowest BCUT2D eigenvalue weighted by Crippen LogP contribution is -2.53. The highest BCUT2D eigenvalue weighted by Crippen LogP contribution is 2.31. The van der Waals surface area contributed by atoms with Crippen LogP contribution in [0.1, 0.15) is 23.0 Å². The molecule has 1 atom stereocenters. The maximum absolute atomic E-state index is 13.2. The molecule has 1 amide bonds. The number of carbonyl (C=O) groups excluding carboxylic acids is 2. The van der Waals surface area contributed by atoms with E-state index in [9.17, 15) is 9.59 Å². The van der Waals surface area contributed by atoms with Gasteiger partial charge in [-0.2, -0.15) is 0 Å². The zero-order valence-electron chi connectivity index (χ0n) is 18.7. The Labute approximate surface area is 206 Å². The first-order valence-corrected chi connectivity index (χ1v) is 11.9. The number of aromatic nitrogens is 1. The van der Waals surface area contributed by atoms with Gasteiger partial charge >= 0.3 is 5.97 Å². The summed E-state index contributed by atoms with van der Waals surface area (Å²) in [4.78, 5) is 33.0. The van der Waals surface area contributed by atoms with Crippen molar-refractivity contribution >= 4 is 61.7 Å². The van der Waals surface area contributed by atoms with Gasteiger partial charge in [0.2, 0.25) is 5.91 Å². The number of fused-ring (bicyclic) bond motifs is 1. The number of piperazine rings is 1. The molecule has 174 valence electrons. The summed E-state index contributed by atoms with van der Waals surface area (Å²) in [6.45, 7) is 7.04. The van der Waals surface area contributed by atoms with E-state index in [1.807, 2.05) is 43.3 Å². The van der Waals surface area contributed by atoms with Crippen LogP contribution in [0.4, 0.5) is 11.4 Å². The first-order chi connectivity index (χ1) is 15.8. The van der Waals surface area contributed by atoms with Crippen LogP contribution >= 0.6 is 27.5 Å². The number of hydrogen-bond acceptors (Lipinski definition) is 5. The smallest absolute Gasteiger partial charge is 0.356 e. The molecule has 1 saturated heterocycles. The van der Waals surface area contributed by atoms with E-state index in [0.29, 0.717) is 5.69 Å². The third-order valence-electron chi connectivity index (χ3n) is 6.15. The zero-order valence-corrected chi connectivity index (χ0v) is 21.1. The number of ether oxygens (including phenoxy) is 1. The van der Waals surface area contributed by atoms with Gasteiger partial charge in [0.1, 0.15) is 5.69 Å². The second-order valence-corrected chi connectivity index (χ2v) is 9.53. The number of amides is 1. The van der Waals surface area contributed by atoms with Gasteiger partial charge in [-0.1, -0.05) is 33.6 Å². The number of esters is 1. The van der Waals surface area contributed by atoms with Crippen molar-refractivity contribution in [2.75, 3.05) is 43.5 Å². The Kier molecular flexibility index (Phi) is 6.97. The Hall–Kier alpha value is -2.55. The molecule has 0 unspecified atom stereocenters. The van der Waals surface area contributed by atoms with Crippen molar-refractivity contribution < 1.29 is 14.3 Å². The number of nitrogens with zero attached hydrogens (tertiary/aromatic N) is 2. The monoisotopic (exact) mass is 532 g/mol. The summed E-state index contributed by atoms with van der Waals surface area (Å²) in [6.07, 6.45) is 0. The Morgan fingerprint density at radius 2 is 1.88 bits per heavy atom. The molecular formula is C24H26BrClN4O3. The SMILES string of the molecule is COC(=O)c1[nH]c2ccc(Br)cc2c1NC(=O)[C@@H](C)N1CCN(c2cc(Cl)ccc2C)CC1. The molecule has 1 aromatic heterocycles. The Morgan fingerprint density at radius 3 is 2.58 bits per heavy atom. The number of nitrogens with one attached hydrogen (secondary N) is 2. The Morgan fingerprint density at radius 1 is 1.15 bits per heavy atom. The molecule has 1 aliphatic heterocycles. The number of hydrogen-bond donors (Lipinski definition) is 2. The van der Waals surface area contributed by atoms with E-state index in [1.54, 1.807) is 0 Å². The average Bonchev–Trinajstić information content (AvgIpc) is 3.17. The summed E-state index contributed by atoms with van der Waals surface area (Å²) in [5.41, 5.74) is 3.72. The summed E-state index contributed by atoms with van der Waals surface area (Å²) in [5.74, 6) is -0.704. The summed E-state index contributed by atoms with van der Waals surface area (Å²) in [6, 6.07) is 11.1. The lowest BCUT2D eigenvalue weighted by Gasteiger charge is -2.39. The lowest BCUT2D eigenvalue weighted by atomic mass is 10.1. The number of methoxy groups -OCH3 is 1. The molecule has 0 spiro atoms. The highest BCUT2D eigenvalue weighted by atomic mass is 79.9. The minimum Gasteiger partial charge on any atom is -0.464 e. The Bertz CT molecular complexity index is 1200. The summed E-state index contributed by atoms with van der Waals surface area (Å²) in [7, 11) is 1.32. The summed E-state index contributed by atoms with van der Waals surface area (Å²) in [5, 5.41) is 4.43. The first kappa shape index (κ1) is 23.6. The molecule has 0 aliphatic carbocycles. The van der Waals surface area contributed by atoms with Crippen molar-refractivity contribution in [3.05, 3.63) is 57.2 Å². The molecule has 2 aromatic carbocycles. The third kappa shape index (κ3) is 4.88. The molecule has 4 rings (SSSR count). The predicted octanol–water partition coefficient (Wildman–Crippen LogP) is 4.83. The van der Waals surface area contributed by atoms with Crippen molar-refractivity contribution in [3.63, 3.8) is 0 Å². The molecule has 2 N–H and O–H groups in total. The molecule has 0 bridgehead atoms.